The average Bonchev–Trinajstić information content (AvgIpc) is 2.72. The maximum atomic E-state index is 12.0. The van der Waals surface area contributed by atoms with Crippen molar-refractivity contribution in [3.63, 3.8) is 0 Å². The summed E-state index contributed by atoms with van der Waals surface area (Å²) in [7, 11) is 6.77. The molecular formula is C22H36N4O3. The first-order valence-corrected chi connectivity index (χ1v) is 10.4. The summed E-state index contributed by atoms with van der Waals surface area (Å²) < 4.78 is 10.7. The highest BCUT2D eigenvalue weighted by Gasteiger charge is 2.22. The molecule has 1 fully saturated rings. The van der Waals surface area contributed by atoms with Crippen LogP contribution >= 0.6 is 0 Å². The van der Waals surface area contributed by atoms with Crippen molar-refractivity contribution in [3.8, 4) is 11.5 Å². The summed E-state index contributed by atoms with van der Waals surface area (Å²) in [4.78, 5) is 18.1. The van der Waals surface area contributed by atoms with Crippen molar-refractivity contribution in [1.82, 2.24) is 15.5 Å². The molecule has 2 N–H and O–H groups in total. The average molecular weight is 405 g/mol. The molecule has 7 nitrogen and oxygen atoms in total. The summed E-state index contributed by atoms with van der Waals surface area (Å²) in [5, 5.41) is 6.94. The number of methoxy groups -OCH3 is 2. The van der Waals surface area contributed by atoms with Gasteiger partial charge in [-0.2, -0.15) is 0 Å². The van der Waals surface area contributed by atoms with Crippen LogP contribution in [0.5, 0.6) is 11.5 Å². The molecule has 1 aromatic carbocycles. The highest BCUT2D eigenvalue weighted by atomic mass is 16.5. The first kappa shape index (κ1) is 22.8. The normalized spacial score (nSPS) is 19.4. The lowest BCUT2D eigenvalue weighted by atomic mass is 9.86. The third-order valence-corrected chi connectivity index (χ3v) is 5.46. The second-order valence-electron chi connectivity index (χ2n) is 7.83. The first-order chi connectivity index (χ1) is 13.9. The maximum absolute atomic E-state index is 12.0. The quantitative estimate of drug-likeness (QED) is 0.514. The summed E-state index contributed by atoms with van der Waals surface area (Å²) in [6, 6.07) is 6.33. The molecule has 0 bridgehead atoms. The minimum atomic E-state index is -0.0114. The van der Waals surface area contributed by atoms with Gasteiger partial charge in [0.2, 0.25) is 5.91 Å². The van der Waals surface area contributed by atoms with Crippen LogP contribution in [0, 0.1) is 5.92 Å². The van der Waals surface area contributed by atoms with Gasteiger partial charge >= 0.3 is 0 Å². The van der Waals surface area contributed by atoms with Crippen LogP contribution in [-0.2, 0) is 11.2 Å². The van der Waals surface area contributed by atoms with Crippen LogP contribution in [0.4, 0.5) is 0 Å². The smallest absolute Gasteiger partial charge is 0.243 e. The summed E-state index contributed by atoms with van der Waals surface area (Å²) in [6.07, 6.45) is 5.70. The van der Waals surface area contributed by atoms with E-state index in [-0.39, 0.29) is 12.5 Å². The lowest BCUT2D eigenvalue weighted by Gasteiger charge is -2.31. The van der Waals surface area contributed by atoms with E-state index in [1.54, 1.807) is 33.2 Å². The monoisotopic (exact) mass is 404 g/mol. The van der Waals surface area contributed by atoms with Crippen molar-refractivity contribution in [2.45, 2.75) is 45.1 Å². The largest absolute Gasteiger partial charge is 0.493 e. The van der Waals surface area contributed by atoms with E-state index in [1.807, 2.05) is 18.2 Å². The van der Waals surface area contributed by atoms with Crippen LogP contribution in [0.25, 0.3) is 0 Å². The SMILES string of the molecule is COc1ccc(CCNC(=NCC(=O)N(C)C)NC2CCCCC2C)cc1OC. The van der Waals surface area contributed by atoms with Gasteiger partial charge in [0.15, 0.2) is 17.5 Å². The molecule has 2 unspecified atom stereocenters. The molecule has 0 radical (unpaired) electrons. The third-order valence-electron chi connectivity index (χ3n) is 5.46. The standard InChI is InChI=1S/C22H36N4O3/c1-16-8-6-7-9-18(16)25-22(24-15-21(27)26(2)3)23-13-12-17-10-11-19(28-4)20(14-17)29-5/h10-11,14,16,18H,6-9,12-13,15H2,1-5H3,(H2,23,24,25). The lowest BCUT2D eigenvalue weighted by molar-refractivity contribution is -0.127. The van der Waals surface area contributed by atoms with Crippen LogP contribution in [0.2, 0.25) is 0 Å². The van der Waals surface area contributed by atoms with E-state index in [4.69, 9.17) is 9.47 Å². The number of ether oxygens (including phenoxy) is 2. The van der Waals surface area contributed by atoms with Crippen molar-refractivity contribution in [1.29, 1.82) is 0 Å². The van der Waals surface area contributed by atoms with E-state index < -0.39 is 0 Å². The molecule has 1 aliphatic rings. The van der Waals surface area contributed by atoms with Gasteiger partial charge in [-0.15, -0.1) is 0 Å². The van der Waals surface area contributed by atoms with Gasteiger partial charge in [0.25, 0.3) is 0 Å². The van der Waals surface area contributed by atoms with Gasteiger partial charge in [-0.05, 0) is 42.9 Å². The Balaban J connectivity index is 1.99. The molecule has 1 saturated carbocycles. The van der Waals surface area contributed by atoms with Crippen LogP contribution in [-0.4, -0.2) is 64.2 Å². The van der Waals surface area contributed by atoms with Crippen LogP contribution < -0.4 is 20.1 Å². The highest BCUT2D eigenvalue weighted by molar-refractivity contribution is 5.85. The van der Waals surface area contributed by atoms with Gasteiger partial charge in [-0.1, -0.05) is 25.8 Å². The van der Waals surface area contributed by atoms with E-state index in [2.05, 4.69) is 22.5 Å². The Labute approximate surface area is 174 Å². The zero-order valence-electron chi connectivity index (χ0n) is 18.5. The number of hydrogen-bond donors (Lipinski definition) is 2. The summed E-state index contributed by atoms with van der Waals surface area (Å²) in [6.45, 7) is 3.13. The van der Waals surface area contributed by atoms with Gasteiger partial charge in [0.1, 0.15) is 6.54 Å². The predicted molar refractivity (Wildman–Crippen MR) is 117 cm³/mol. The number of benzene rings is 1. The number of nitrogens with one attached hydrogen (secondary N) is 2. The summed E-state index contributed by atoms with van der Waals surface area (Å²) >= 11 is 0. The van der Waals surface area contributed by atoms with Crippen molar-refractivity contribution < 1.29 is 14.3 Å². The van der Waals surface area contributed by atoms with Crippen LogP contribution in [0.1, 0.15) is 38.2 Å². The number of carbonyl (C=O) groups excluding carboxylic acids is 1. The summed E-state index contributed by atoms with van der Waals surface area (Å²) in [5.41, 5.74) is 1.14. The molecule has 1 amide bonds. The van der Waals surface area contributed by atoms with Gasteiger partial charge in [-0.25, -0.2) is 4.99 Å². The van der Waals surface area contributed by atoms with E-state index in [1.165, 1.54) is 19.3 Å². The fraction of sp³-hybridized carbons (Fsp3) is 0.636. The lowest BCUT2D eigenvalue weighted by Crippen LogP contribution is -2.48. The molecule has 2 atom stereocenters. The number of nitrogens with zero attached hydrogens (tertiary/aromatic N) is 2. The number of carbonyl (C=O) groups is 1. The Bertz CT molecular complexity index is 691. The first-order valence-electron chi connectivity index (χ1n) is 10.4. The van der Waals surface area contributed by atoms with Crippen molar-refractivity contribution >= 4 is 11.9 Å². The zero-order chi connectivity index (χ0) is 21.2. The Morgan fingerprint density at radius 3 is 2.55 bits per heavy atom. The predicted octanol–water partition coefficient (Wildman–Crippen LogP) is 2.45. The topological polar surface area (TPSA) is 75.2 Å². The third kappa shape index (κ3) is 7.15. The van der Waals surface area contributed by atoms with E-state index >= 15 is 0 Å². The van der Waals surface area contributed by atoms with Crippen molar-refractivity contribution in [3.05, 3.63) is 23.8 Å². The highest BCUT2D eigenvalue weighted by Crippen LogP contribution is 2.27. The number of guanidine groups is 1. The Hall–Kier alpha value is -2.44. The Morgan fingerprint density at radius 1 is 1.17 bits per heavy atom. The van der Waals surface area contributed by atoms with Crippen molar-refractivity contribution in [2.24, 2.45) is 10.9 Å². The van der Waals surface area contributed by atoms with Gasteiger partial charge in [0.05, 0.1) is 14.2 Å². The minimum absolute atomic E-state index is 0.0114. The molecule has 29 heavy (non-hydrogen) atoms. The number of likely N-dealkylation sites (N-methyl/N-ethyl adjacent to an activating group) is 1. The number of aliphatic imine (C=N–C) groups is 1. The zero-order valence-corrected chi connectivity index (χ0v) is 18.5. The molecule has 7 heteroatoms. The maximum Gasteiger partial charge on any atom is 0.243 e. The summed E-state index contributed by atoms with van der Waals surface area (Å²) in [5.74, 6) is 2.75. The molecule has 0 heterocycles. The van der Waals surface area contributed by atoms with E-state index in [0.29, 0.717) is 24.5 Å². The fourth-order valence-electron chi connectivity index (χ4n) is 3.51. The number of rotatable bonds is 8. The van der Waals surface area contributed by atoms with Crippen LogP contribution in [0.15, 0.2) is 23.2 Å². The molecule has 162 valence electrons. The Kier molecular flexibility index (Phi) is 9.09. The second kappa shape index (κ2) is 11.5. The fourth-order valence-corrected chi connectivity index (χ4v) is 3.51. The van der Waals surface area contributed by atoms with Crippen LogP contribution in [0.3, 0.4) is 0 Å². The molecule has 0 spiro atoms. The van der Waals surface area contributed by atoms with E-state index in [9.17, 15) is 4.79 Å². The Morgan fingerprint density at radius 2 is 1.90 bits per heavy atom. The number of amides is 1. The van der Waals surface area contributed by atoms with E-state index in [0.717, 1.165) is 29.9 Å². The molecule has 1 aromatic rings. The van der Waals surface area contributed by atoms with Gasteiger partial charge < -0.3 is 25.0 Å². The number of hydrogen-bond acceptors (Lipinski definition) is 4. The molecule has 0 aromatic heterocycles. The van der Waals surface area contributed by atoms with Gasteiger partial charge in [-0.3, -0.25) is 4.79 Å². The molecule has 0 saturated heterocycles. The molecule has 2 rings (SSSR count). The van der Waals surface area contributed by atoms with Crippen molar-refractivity contribution in [2.75, 3.05) is 41.4 Å². The second-order valence-corrected chi connectivity index (χ2v) is 7.83. The van der Waals surface area contributed by atoms with Gasteiger partial charge in [0, 0.05) is 26.7 Å². The molecular weight excluding hydrogens is 368 g/mol. The minimum Gasteiger partial charge on any atom is -0.493 e. The molecule has 0 aliphatic heterocycles. The molecule has 1 aliphatic carbocycles.